The Hall–Kier alpha value is -4.19. The lowest BCUT2D eigenvalue weighted by Crippen LogP contribution is -2.40. The standard InChI is InChI=1S/C22H20FN5O5S/c1-34(32,33)27-15-8-4-12(5-9-15)17(19(24)29)28-18-16(22(30)31)10-11-25-20(18)26-21(28)13-2-6-14(23)7-3-13/h2-11,17,21,27H,1H3,(H2,24,29)(H,25,26)(H,30,31). The van der Waals surface area contributed by atoms with Gasteiger partial charge < -0.3 is 21.1 Å². The maximum Gasteiger partial charge on any atom is 0.338 e. The van der Waals surface area contributed by atoms with Crippen LogP contribution in [0, 0.1) is 5.82 Å². The van der Waals surface area contributed by atoms with Gasteiger partial charge in [0.25, 0.3) is 0 Å². The molecule has 2 aromatic carbocycles. The third-order valence-electron chi connectivity index (χ3n) is 5.23. The number of hydrogen-bond acceptors (Lipinski definition) is 7. The lowest BCUT2D eigenvalue weighted by atomic mass is 10.0. The van der Waals surface area contributed by atoms with Crippen molar-refractivity contribution in [2.45, 2.75) is 12.2 Å². The first-order valence-electron chi connectivity index (χ1n) is 9.95. The van der Waals surface area contributed by atoms with Gasteiger partial charge in [0.05, 0.1) is 17.5 Å². The Kier molecular flexibility index (Phi) is 5.83. The molecule has 0 spiro atoms. The van der Waals surface area contributed by atoms with Crippen molar-refractivity contribution in [2.24, 2.45) is 5.73 Å². The number of carbonyl (C=O) groups is 2. The number of amides is 1. The molecule has 3 aromatic rings. The maximum atomic E-state index is 13.6. The summed E-state index contributed by atoms with van der Waals surface area (Å²) in [5.74, 6) is -2.27. The monoisotopic (exact) mass is 485 g/mol. The lowest BCUT2D eigenvalue weighted by Gasteiger charge is -2.34. The number of carboxylic acids is 1. The van der Waals surface area contributed by atoms with Gasteiger partial charge >= 0.3 is 5.97 Å². The Bertz CT molecular complexity index is 1360. The molecule has 34 heavy (non-hydrogen) atoms. The first-order chi connectivity index (χ1) is 16.0. The van der Waals surface area contributed by atoms with Crippen LogP contribution in [0.5, 0.6) is 0 Å². The van der Waals surface area contributed by atoms with E-state index in [-0.39, 0.29) is 22.8 Å². The SMILES string of the molecule is CS(=O)(=O)Nc1ccc(C(C(N)=O)N2c3c(C(=O)O)ccnc3NC2c2ccc(F)cc2)cc1. The molecule has 2 atom stereocenters. The summed E-state index contributed by atoms with van der Waals surface area (Å²) in [7, 11) is -3.51. The van der Waals surface area contributed by atoms with Crippen molar-refractivity contribution in [3.63, 3.8) is 0 Å². The summed E-state index contributed by atoms with van der Waals surface area (Å²) in [5.41, 5.74) is 7.02. The predicted octanol–water partition coefficient (Wildman–Crippen LogP) is 2.45. The molecule has 0 fully saturated rings. The highest BCUT2D eigenvalue weighted by Crippen LogP contribution is 2.47. The highest BCUT2D eigenvalue weighted by molar-refractivity contribution is 7.92. The van der Waals surface area contributed by atoms with E-state index < -0.39 is 39.9 Å². The number of primary amides is 1. The summed E-state index contributed by atoms with van der Waals surface area (Å²) in [6, 6.07) is 11.6. The Balaban J connectivity index is 1.86. The average Bonchev–Trinajstić information content (AvgIpc) is 3.13. The normalized spacial score (nSPS) is 15.8. The molecule has 1 aromatic heterocycles. The van der Waals surface area contributed by atoms with Crippen LogP contribution < -0.4 is 20.7 Å². The van der Waals surface area contributed by atoms with E-state index in [0.717, 1.165) is 6.26 Å². The zero-order valence-corrected chi connectivity index (χ0v) is 18.6. The van der Waals surface area contributed by atoms with Gasteiger partial charge in [0, 0.05) is 11.9 Å². The van der Waals surface area contributed by atoms with E-state index in [1.807, 2.05) is 0 Å². The Morgan fingerprint density at radius 1 is 1.15 bits per heavy atom. The van der Waals surface area contributed by atoms with Crippen molar-refractivity contribution in [2.75, 3.05) is 21.2 Å². The third-order valence-corrected chi connectivity index (χ3v) is 5.83. The van der Waals surface area contributed by atoms with Crippen molar-refractivity contribution in [1.29, 1.82) is 0 Å². The number of carboxylic acid groups (broad SMARTS) is 1. The third kappa shape index (κ3) is 4.48. The van der Waals surface area contributed by atoms with Crippen LogP contribution in [-0.4, -0.2) is 36.6 Å². The molecule has 1 amide bonds. The summed E-state index contributed by atoms with van der Waals surface area (Å²) in [4.78, 5) is 30.4. The molecule has 0 saturated carbocycles. The fraction of sp³-hybridized carbons (Fsp3) is 0.136. The van der Waals surface area contributed by atoms with Gasteiger partial charge in [-0.3, -0.25) is 9.52 Å². The number of rotatable bonds is 7. The average molecular weight is 485 g/mol. The van der Waals surface area contributed by atoms with Crippen LogP contribution in [0.15, 0.2) is 60.8 Å². The molecule has 1 aliphatic rings. The number of nitrogens with two attached hydrogens (primary N) is 1. The van der Waals surface area contributed by atoms with Crippen molar-refractivity contribution < 1.29 is 27.5 Å². The summed E-state index contributed by atoms with van der Waals surface area (Å²) in [5, 5.41) is 12.9. The topological polar surface area (TPSA) is 155 Å². The maximum absolute atomic E-state index is 13.6. The number of nitrogens with one attached hydrogen (secondary N) is 2. The number of carbonyl (C=O) groups excluding carboxylic acids is 1. The van der Waals surface area contributed by atoms with Crippen LogP contribution in [0.2, 0.25) is 0 Å². The molecule has 2 unspecified atom stereocenters. The van der Waals surface area contributed by atoms with Crippen LogP contribution >= 0.6 is 0 Å². The number of pyridine rings is 1. The molecule has 1 aliphatic heterocycles. The number of nitrogens with zero attached hydrogens (tertiary/aromatic N) is 2. The first kappa shape index (κ1) is 23.0. The van der Waals surface area contributed by atoms with Gasteiger partial charge in [0.15, 0.2) is 5.82 Å². The van der Waals surface area contributed by atoms with E-state index in [1.54, 1.807) is 0 Å². The van der Waals surface area contributed by atoms with E-state index in [2.05, 4.69) is 15.0 Å². The second kappa shape index (κ2) is 8.63. The molecule has 2 heterocycles. The Morgan fingerprint density at radius 3 is 2.35 bits per heavy atom. The van der Waals surface area contributed by atoms with Crippen LogP contribution in [-0.2, 0) is 14.8 Å². The molecule has 5 N–H and O–H groups in total. The van der Waals surface area contributed by atoms with Gasteiger partial charge in [0.2, 0.25) is 15.9 Å². The van der Waals surface area contributed by atoms with Gasteiger partial charge in [-0.25, -0.2) is 22.6 Å². The summed E-state index contributed by atoms with van der Waals surface area (Å²) in [6.45, 7) is 0. The minimum Gasteiger partial charge on any atom is -0.478 e. The van der Waals surface area contributed by atoms with E-state index in [4.69, 9.17) is 5.73 Å². The number of aromatic carboxylic acids is 1. The summed E-state index contributed by atoms with van der Waals surface area (Å²) >= 11 is 0. The smallest absolute Gasteiger partial charge is 0.338 e. The molecule has 0 aliphatic carbocycles. The summed E-state index contributed by atoms with van der Waals surface area (Å²) in [6.07, 6.45) is 1.54. The highest BCUT2D eigenvalue weighted by Gasteiger charge is 2.41. The van der Waals surface area contributed by atoms with Gasteiger partial charge in [-0.15, -0.1) is 0 Å². The molecule has 4 rings (SSSR count). The van der Waals surface area contributed by atoms with E-state index in [1.165, 1.54) is 65.7 Å². The molecule has 0 saturated heterocycles. The number of hydrogen-bond donors (Lipinski definition) is 4. The minimum absolute atomic E-state index is 0.108. The Morgan fingerprint density at radius 2 is 1.79 bits per heavy atom. The number of sulfonamides is 1. The second-order valence-electron chi connectivity index (χ2n) is 7.67. The van der Waals surface area contributed by atoms with Crippen molar-refractivity contribution in [3.05, 3.63) is 83.3 Å². The van der Waals surface area contributed by atoms with Gasteiger partial charge in [-0.1, -0.05) is 24.3 Å². The molecular weight excluding hydrogens is 465 g/mol. The number of fused-ring (bicyclic) bond motifs is 1. The van der Waals surface area contributed by atoms with Crippen molar-refractivity contribution in [3.8, 4) is 0 Å². The lowest BCUT2D eigenvalue weighted by molar-refractivity contribution is -0.119. The van der Waals surface area contributed by atoms with Gasteiger partial charge in [0.1, 0.15) is 18.0 Å². The van der Waals surface area contributed by atoms with Gasteiger partial charge in [-0.05, 0) is 41.5 Å². The predicted molar refractivity (Wildman–Crippen MR) is 123 cm³/mol. The van der Waals surface area contributed by atoms with E-state index in [9.17, 15) is 27.5 Å². The van der Waals surface area contributed by atoms with E-state index in [0.29, 0.717) is 11.1 Å². The van der Waals surface area contributed by atoms with Crippen LogP contribution in [0.1, 0.15) is 33.7 Å². The van der Waals surface area contributed by atoms with Crippen LogP contribution in [0.4, 0.5) is 21.6 Å². The number of benzene rings is 2. The molecule has 12 heteroatoms. The molecule has 10 nitrogen and oxygen atoms in total. The highest BCUT2D eigenvalue weighted by atomic mass is 32.2. The molecule has 176 valence electrons. The fourth-order valence-electron chi connectivity index (χ4n) is 3.90. The van der Waals surface area contributed by atoms with Gasteiger partial charge in [-0.2, -0.15) is 0 Å². The van der Waals surface area contributed by atoms with Crippen molar-refractivity contribution >= 4 is 39.1 Å². The molecule has 0 bridgehead atoms. The number of aromatic nitrogens is 1. The second-order valence-corrected chi connectivity index (χ2v) is 9.42. The molecule has 0 radical (unpaired) electrons. The number of halogens is 1. The van der Waals surface area contributed by atoms with Crippen LogP contribution in [0.25, 0.3) is 0 Å². The summed E-state index contributed by atoms with van der Waals surface area (Å²) < 4.78 is 38.9. The van der Waals surface area contributed by atoms with Crippen LogP contribution in [0.3, 0.4) is 0 Å². The minimum atomic E-state index is -3.51. The fourth-order valence-corrected chi connectivity index (χ4v) is 4.46. The quantitative estimate of drug-likeness (QED) is 0.398. The first-order valence-corrected chi connectivity index (χ1v) is 11.8. The number of anilines is 3. The zero-order chi connectivity index (χ0) is 24.6. The van der Waals surface area contributed by atoms with Crippen molar-refractivity contribution in [1.82, 2.24) is 4.98 Å². The van der Waals surface area contributed by atoms with E-state index >= 15 is 0 Å². The molecular formula is C22H20FN5O5S. The largest absolute Gasteiger partial charge is 0.478 e. The zero-order valence-electron chi connectivity index (χ0n) is 17.8. The Labute approximate surface area is 194 Å².